The summed E-state index contributed by atoms with van der Waals surface area (Å²) in [4.78, 5) is 0. The summed E-state index contributed by atoms with van der Waals surface area (Å²) in [6, 6.07) is 11.9. The maximum absolute atomic E-state index is 9.90. The van der Waals surface area contributed by atoms with Crippen LogP contribution in [0.5, 0.6) is 17.2 Å². The number of methoxy groups -OCH3 is 2. The third-order valence-electron chi connectivity index (χ3n) is 3.37. The van der Waals surface area contributed by atoms with Gasteiger partial charge in [0.25, 0.3) is 0 Å². The van der Waals surface area contributed by atoms with Crippen molar-refractivity contribution in [3.63, 3.8) is 0 Å². The quantitative estimate of drug-likeness (QED) is 0.852. The molecule has 0 aliphatic heterocycles. The SMILES string of the molecule is CCc1cccc(NCc2cc(OC)c(O)c(OC)c2)c1. The van der Waals surface area contributed by atoms with Crippen LogP contribution < -0.4 is 14.8 Å². The van der Waals surface area contributed by atoms with Crippen LogP contribution in [0.4, 0.5) is 5.69 Å². The Kier molecular flexibility index (Phi) is 4.93. The first-order valence-corrected chi connectivity index (χ1v) is 6.94. The number of hydrogen-bond donors (Lipinski definition) is 2. The molecular formula is C17H21NO3. The summed E-state index contributed by atoms with van der Waals surface area (Å²) in [6.45, 7) is 2.76. The predicted octanol–water partition coefficient (Wildman–Crippen LogP) is 3.58. The van der Waals surface area contributed by atoms with Gasteiger partial charge in [-0.05, 0) is 41.8 Å². The zero-order valence-electron chi connectivity index (χ0n) is 12.6. The molecule has 0 atom stereocenters. The summed E-state index contributed by atoms with van der Waals surface area (Å²) in [6.07, 6.45) is 1.01. The number of aromatic hydroxyl groups is 1. The molecule has 0 saturated carbocycles. The zero-order valence-corrected chi connectivity index (χ0v) is 12.6. The van der Waals surface area contributed by atoms with Crippen molar-refractivity contribution < 1.29 is 14.6 Å². The Bertz CT molecular complexity index is 586. The van der Waals surface area contributed by atoms with Crippen molar-refractivity contribution in [1.29, 1.82) is 0 Å². The summed E-state index contributed by atoms with van der Waals surface area (Å²) < 4.78 is 10.3. The molecule has 0 bridgehead atoms. The van der Waals surface area contributed by atoms with E-state index in [0.29, 0.717) is 18.0 Å². The van der Waals surface area contributed by atoms with E-state index in [9.17, 15) is 5.11 Å². The maximum atomic E-state index is 9.90. The number of aryl methyl sites for hydroxylation is 1. The van der Waals surface area contributed by atoms with Crippen LogP contribution in [0.15, 0.2) is 36.4 Å². The number of nitrogens with one attached hydrogen (secondary N) is 1. The molecule has 4 nitrogen and oxygen atoms in total. The van der Waals surface area contributed by atoms with E-state index >= 15 is 0 Å². The highest BCUT2D eigenvalue weighted by atomic mass is 16.5. The molecule has 0 radical (unpaired) electrons. The van der Waals surface area contributed by atoms with Gasteiger partial charge in [-0.25, -0.2) is 0 Å². The van der Waals surface area contributed by atoms with Crippen LogP contribution in [0.1, 0.15) is 18.1 Å². The van der Waals surface area contributed by atoms with E-state index < -0.39 is 0 Å². The lowest BCUT2D eigenvalue weighted by molar-refractivity contribution is 0.339. The third-order valence-corrected chi connectivity index (χ3v) is 3.37. The number of benzene rings is 2. The largest absolute Gasteiger partial charge is 0.502 e. The lowest BCUT2D eigenvalue weighted by Crippen LogP contribution is -2.01. The topological polar surface area (TPSA) is 50.7 Å². The van der Waals surface area contributed by atoms with Crippen LogP contribution in [0.25, 0.3) is 0 Å². The lowest BCUT2D eigenvalue weighted by atomic mass is 10.1. The fraction of sp³-hybridized carbons (Fsp3) is 0.294. The molecule has 0 aliphatic rings. The molecule has 2 rings (SSSR count). The molecule has 21 heavy (non-hydrogen) atoms. The number of phenols is 1. The van der Waals surface area contributed by atoms with Crippen LogP contribution in [-0.4, -0.2) is 19.3 Å². The second-order valence-corrected chi connectivity index (χ2v) is 4.76. The Morgan fingerprint density at radius 2 is 1.67 bits per heavy atom. The molecule has 0 aliphatic carbocycles. The Labute approximate surface area is 125 Å². The molecule has 2 N–H and O–H groups in total. The van der Waals surface area contributed by atoms with Gasteiger partial charge in [-0.15, -0.1) is 0 Å². The minimum absolute atomic E-state index is 0.0248. The molecule has 0 amide bonds. The summed E-state index contributed by atoms with van der Waals surface area (Å²) >= 11 is 0. The first-order chi connectivity index (χ1) is 10.2. The summed E-state index contributed by atoms with van der Waals surface area (Å²) in [5.41, 5.74) is 3.34. The van der Waals surface area contributed by atoms with Gasteiger partial charge in [-0.1, -0.05) is 19.1 Å². The van der Waals surface area contributed by atoms with Crippen molar-refractivity contribution in [3.8, 4) is 17.2 Å². The Morgan fingerprint density at radius 1 is 1.00 bits per heavy atom. The van der Waals surface area contributed by atoms with Crippen molar-refractivity contribution in [2.24, 2.45) is 0 Å². The number of phenolic OH excluding ortho intramolecular Hbond substituents is 1. The number of ether oxygens (including phenoxy) is 2. The number of hydrogen-bond acceptors (Lipinski definition) is 4. The first kappa shape index (κ1) is 15.0. The Hall–Kier alpha value is -2.36. The maximum Gasteiger partial charge on any atom is 0.200 e. The van der Waals surface area contributed by atoms with Gasteiger partial charge < -0.3 is 19.9 Å². The molecule has 112 valence electrons. The van der Waals surface area contributed by atoms with Crippen LogP contribution in [0.2, 0.25) is 0 Å². The minimum Gasteiger partial charge on any atom is -0.502 e. The van der Waals surface area contributed by atoms with E-state index in [1.807, 2.05) is 12.1 Å². The van der Waals surface area contributed by atoms with Crippen molar-refractivity contribution >= 4 is 5.69 Å². The number of anilines is 1. The fourth-order valence-corrected chi connectivity index (χ4v) is 2.16. The van der Waals surface area contributed by atoms with E-state index in [-0.39, 0.29) is 5.75 Å². The summed E-state index contributed by atoms with van der Waals surface area (Å²) in [5.74, 6) is 0.846. The average molecular weight is 287 g/mol. The normalized spacial score (nSPS) is 10.2. The van der Waals surface area contributed by atoms with Gasteiger partial charge in [0.15, 0.2) is 11.5 Å². The predicted molar refractivity (Wildman–Crippen MR) is 84.4 cm³/mol. The molecule has 0 spiro atoms. The highest BCUT2D eigenvalue weighted by Gasteiger charge is 2.11. The zero-order chi connectivity index (χ0) is 15.2. The van der Waals surface area contributed by atoms with Gasteiger partial charge in [0, 0.05) is 12.2 Å². The molecule has 0 heterocycles. The van der Waals surface area contributed by atoms with Crippen molar-refractivity contribution in [2.45, 2.75) is 19.9 Å². The van der Waals surface area contributed by atoms with Crippen LogP contribution in [0.3, 0.4) is 0 Å². The van der Waals surface area contributed by atoms with E-state index in [2.05, 4.69) is 24.4 Å². The highest BCUT2D eigenvalue weighted by Crippen LogP contribution is 2.37. The summed E-state index contributed by atoms with van der Waals surface area (Å²) in [5, 5.41) is 13.3. The fourth-order valence-electron chi connectivity index (χ4n) is 2.16. The Morgan fingerprint density at radius 3 is 2.24 bits per heavy atom. The molecule has 2 aromatic rings. The minimum atomic E-state index is 0.0248. The Balaban J connectivity index is 2.15. The highest BCUT2D eigenvalue weighted by molar-refractivity contribution is 5.54. The standard InChI is InChI=1S/C17H21NO3/c1-4-12-6-5-7-14(8-12)18-11-13-9-15(20-2)17(19)16(10-13)21-3/h5-10,18-19H,4,11H2,1-3H3. The molecule has 4 heteroatoms. The van der Waals surface area contributed by atoms with Gasteiger partial charge in [-0.3, -0.25) is 0 Å². The smallest absolute Gasteiger partial charge is 0.200 e. The van der Waals surface area contributed by atoms with Crippen LogP contribution in [-0.2, 0) is 13.0 Å². The summed E-state index contributed by atoms with van der Waals surface area (Å²) in [7, 11) is 3.05. The molecule has 0 fully saturated rings. The van der Waals surface area contributed by atoms with E-state index in [0.717, 1.165) is 17.7 Å². The van der Waals surface area contributed by atoms with Gasteiger partial charge in [-0.2, -0.15) is 0 Å². The number of rotatable bonds is 6. The van der Waals surface area contributed by atoms with Gasteiger partial charge in [0.05, 0.1) is 14.2 Å². The second-order valence-electron chi connectivity index (χ2n) is 4.76. The lowest BCUT2D eigenvalue weighted by Gasteiger charge is -2.12. The molecule has 0 saturated heterocycles. The van der Waals surface area contributed by atoms with E-state index in [1.54, 1.807) is 12.1 Å². The monoisotopic (exact) mass is 287 g/mol. The van der Waals surface area contributed by atoms with Crippen LogP contribution in [0, 0.1) is 0 Å². The van der Waals surface area contributed by atoms with E-state index in [1.165, 1.54) is 19.8 Å². The molecule has 2 aromatic carbocycles. The second kappa shape index (κ2) is 6.88. The van der Waals surface area contributed by atoms with E-state index in [4.69, 9.17) is 9.47 Å². The van der Waals surface area contributed by atoms with Crippen molar-refractivity contribution in [3.05, 3.63) is 47.5 Å². The average Bonchev–Trinajstić information content (AvgIpc) is 2.54. The molecule has 0 unspecified atom stereocenters. The molecular weight excluding hydrogens is 266 g/mol. The molecule has 0 aromatic heterocycles. The van der Waals surface area contributed by atoms with Crippen molar-refractivity contribution in [1.82, 2.24) is 0 Å². The van der Waals surface area contributed by atoms with Gasteiger partial charge in [0.2, 0.25) is 5.75 Å². The van der Waals surface area contributed by atoms with Gasteiger partial charge >= 0.3 is 0 Å². The van der Waals surface area contributed by atoms with Crippen LogP contribution >= 0.6 is 0 Å². The first-order valence-electron chi connectivity index (χ1n) is 6.94. The van der Waals surface area contributed by atoms with Crippen molar-refractivity contribution in [2.75, 3.05) is 19.5 Å². The third kappa shape index (κ3) is 3.60. The van der Waals surface area contributed by atoms with Gasteiger partial charge in [0.1, 0.15) is 0 Å².